The zero-order valence-electron chi connectivity index (χ0n) is 12.9. The van der Waals surface area contributed by atoms with Crippen LogP contribution in [-0.2, 0) is 0 Å². The number of hydrogen-bond acceptors (Lipinski definition) is 6. The first-order valence-electron chi connectivity index (χ1n) is 7.09. The van der Waals surface area contributed by atoms with E-state index in [2.05, 4.69) is 20.2 Å². The van der Waals surface area contributed by atoms with Crippen molar-refractivity contribution in [2.24, 2.45) is 0 Å². The number of hydrogen-bond donors (Lipinski definition) is 4. The lowest BCUT2D eigenvalue weighted by Gasteiger charge is -2.06. The zero-order valence-corrected chi connectivity index (χ0v) is 12.9. The highest BCUT2D eigenvalue weighted by Crippen LogP contribution is 2.24. The maximum absolute atomic E-state index is 11.4. The molecule has 0 radical (unpaired) electrons. The van der Waals surface area contributed by atoms with Crippen molar-refractivity contribution in [1.82, 2.24) is 20.2 Å². The Balaban J connectivity index is 2.15. The monoisotopic (exact) mass is 354 g/mol. The van der Waals surface area contributed by atoms with Crippen LogP contribution in [0, 0.1) is 0 Å². The number of pyridine rings is 2. The van der Waals surface area contributed by atoms with Crippen molar-refractivity contribution in [2.45, 2.75) is 0 Å². The Morgan fingerprint density at radius 2 is 1.38 bits per heavy atom. The molecule has 0 aliphatic heterocycles. The lowest BCUT2D eigenvalue weighted by Crippen LogP contribution is -2.02. The van der Waals surface area contributed by atoms with Crippen molar-refractivity contribution in [1.29, 1.82) is 0 Å². The van der Waals surface area contributed by atoms with E-state index >= 15 is 0 Å². The van der Waals surface area contributed by atoms with Gasteiger partial charge >= 0.3 is 17.9 Å². The molecule has 10 heteroatoms. The van der Waals surface area contributed by atoms with Crippen LogP contribution in [-0.4, -0.2) is 53.4 Å². The Morgan fingerprint density at radius 1 is 0.769 bits per heavy atom. The van der Waals surface area contributed by atoms with Gasteiger partial charge in [0.1, 0.15) is 11.4 Å². The second-order valence-corrected chi connectivity index (χ2v) is 5.14. The largest absolute Gasteiger partial charge is 0.478 e. The molecule has 0 aromatic carbocycles. The standard InChI is InChI=1S/C16H10N4O6/c21-14(22)7-1-2-17-9(3-7)10-4-8(15(23)24)5-11(18-10)12-6-13(16(25)26)20-19-12/h1-6H,(H,19,20)(H,21,22)(H,23,24)(H,25,26). The van der Waals surface area contributed by atoms with Crippen LogP contribution in [0.1, 0.15) is 31.2 Å². The third-order valence-corrected chi connectivity index (χ3v) is 3.41. The summed E-state index contributed by atoms with van der Waals surface area (Å²) in [4.78, 5) is 41.7. The smallest absolute Gasteiger partial charge is 0.353 e. The summed E-state index contributed by atoms with van der Waals surface area (Å²) in [5.74, 6) is -3.63. The first kappa shape index (κ1) is 16.8. The molecule has 3 rings (SSSR count). The van der Waals surface area contributed by atoms with Crippen LogP contribution in [0.4, 0.5) is 0 Å². The second-order valence-electron chi connectivity index (χ2n) is 5.14. The molecule has 0 atom stereocenters. The molecule has 0 bridgehead atoms. The summed E-state index contributed by atoms with van der Waals surface area (Å²) in [6.45, 7) is 0. The highest BCUT2D eigenvalue weighted by Gasteiger charge is 2.16. The minimum atomic E-state index is -1.24. The second kappa shape index (κ2) is 6.43. The summed E-state index contributed by atoms with van der Waals surface area (Å²) in [5, 5.41) is 33.4. The van der Waals surface area contributed by atoms with E-state index in [1.165, 1.54) is 36.5 Å². The first-order chi connectivity index (χ1) is 12.3. The van der Waals surface area contributed by atoms with Crippen LogP contribution in [0.15, 0.2) is 36.5 Å². The van der Waals surface area contributed by atoms with Crippen molar-refractivity contribution in [3.05, 3.63) is 53.3 Å². The molecule has 0 saturated heterocycles. The molecule has 0 amide bonds. The Bertz CT molecular complexity index is 1040. The van der Waals surface area contributed by atoms with Gasteiger partial charge in [0.05, 0.1) is 28.2 Å². The number of aromatic nitrogens is 4. The third kappa shape index (κ3) is 3.24. The van der Waals surface area contributed by atoms with Gasteiger partial charge in [-0.25, -0.2) is 19.4 Å². The summed E-state index contributed by atoms with van der Waals surface area (Å²) >= 11 is 0. The van der Waals surface area contributed by atoms with Gasteiger partial charge in [-0.1, -0.05) is 0 Å². The number of nitrogens with one attached hydrogen (secondary N) is 1. The van der Waals surface area contributed by atoms with Crippen LogP contribution in [0.5, 0.6) is 0 Å². The molecule has 3 aromatic rings. The van der Waals surface area contributed by atoms with Crippen molar-refractivity contribution >= 4 is 17.9 Å². The zero-order chi connectivity index (χ0) is 18.8. The van der Waals surface area contributed by atoms with Gasteiger partial charge in [-0.3, -0.25) is 10.1 Å². The number of nitrogens with zero attached hydrogens (tertiary/aromatic N) is 3. The van der Waals surface area contributed by atoms with E-state index in [1.54, 1.807) is 0 Å². The highest BCUT2D eigenvalue weighted by atomic mass is 16.4. The van der Waals surface area contributed by atoms with Crippen molar-refractivity contribution in [2.75, 3.05) is 0 Å². The Hall–Kier alpha value is -4.08. The number of rotatable bonds is 5. The number of carboxylic acid groups (broad SMARTS) is 3. The van der Waals surface area contributed by atoms with E-state index in [4.69, 9.17) is 10.2 Å². The van der Waals surface area contributed by atoms with E-state index in [9.17, 15) is 19.5 Å². The normalized spacial score (nSPS) is 10.5. The van der Waals surface area contributed by atoms with Crippen LogP contribution >= 0.6 is 0 Å². The quantitative estimate of drug-likeness (QED) is 0.532. The molecule has 130 valence electrons. The van der Waals surface area contributed by atoms with Gasteiger partial charge in [0, 0.05) is 12.3 Å². The van der Waals surface area contributed by atoms with E-state index in [0.29, 0.717) is 0 Å². The van der Waals surface area contributed by atoms with Gasteiger partial charge in [0.15, 0.2) is 0 Å². The number of carbonyl (C=O) groups is 3. The molecule has 0 saturated carbocycles. The lowest BCUT2D eigenvalue weighted by molar-refractivity contribution is 0.0681. The van der Waals surface area contributed by atoms with Gasteiger partial charge in [0.2, 0.25) is 0 Å². The number of H-pyrrole nitrogens is 1. The summed E-state index contributed by atoms with van der Waals surface area (Å²) in [7, 11) is 0. The molecule has 0 aliphatic rings. The molecular weight excluding hydrogens is 344 g/mol. The van der Waals surface area contributed by atoms with E-state index < -0.39 is 17.9 Å². The predicted molar refractivity (Wildman–Crippen MR) is 85.9 cm³/mol. The van der Waals surface area contributed by atoms with Crippen LogP contribution in [0.2, 0.25) is 0 Å². The van der Waals surface area contributed by atoms with Crippen LogP contribution < -0.4 is 0 Å². The fourth-order valence-electron chi connectivity index (χ4n) is 2.18. The highest BCUT2D eigenvalue weighted by molar-refractivity contribution is 5.92. The topological polar surface area (TPSA) is 166 Å². The van der Waals surface area contributed by atoms with E-state index in [1.807, 2.05) is 0 Å². The molecule has 0 fully saturated rings. The molecular formula is C16H10N4O6. The van der Waals surface area contributed by atoms with Gasteiger partial charge in [-0.2, -0.15) is 5.10 Å². The molecule has 0 aliphatic carbocycles. The molecule has 26 heavy (non-hydrogen) atoms. The molecule has 4 N–H and O–H groups in total. The Kier molecular flexibility index (Phi) is 4.15. The minimum Gasteiger partial charge on any atom is -0.478 e. The fourth-order valence-corrected chi connectivity index (χ4v) is 2.18. The van der Waals surface area contributed by atoms with Gasteiger partial charge in [-0.05, 0) is 24.3 Å². The summed E-state index contributed by atoms with van der Waals surface area (Å²) in [6, 6.07) is 6.23. The van der Waals surface area contributed by atoms with E-state index in [-0.39, 0.29) is 39.6 Å². The summed E-state index contributed by atoms with van der Waals surface area (Å²) in [6.07, 6.45) is 1.27. The Morgan fingerprint density at radius 3 is 1.96 bits per heavy atom. The van der Waals surface area contributed by atoms with E-state index in [0.717, 1.165) is 0 Å². The van der Waals surface area contributed by atoms with Crippen LogP contribution in [0.25, 0.3) is 22.8 Å². The maximum Gasteiger partial charge on any atom is 0.353 e. The fraction of sp³-hybridized carbons (Fsp3) is 0. The number of aromatic carboxylic acids is 3. The SMILES string of the molecule is O=C(O)c1ccnc(-c2cc(C(=O)O)cc(-c3cc(C(=O)O)[nH]n3)n2)c1. The Labute approximate surface area is 144 Å². The lowest BCUT2D eigenvalue weighted by atomic mass is 10.1. The van der Waals surface area contributed by atoms with Gasteiger partial charge in [0.25, 0.3) is 0 Å². The summed E-state index contributed by atoms with van der Waals surface area (Å²) in [5.41, 5.74) is 0.146. The van der Waals surface area contributed by atoms with Crippen molar-refractivity contribution < 1.29 is 29.7 Å². The van der Waals surface area contributed by atoms with Crippen molar-refractivity contribution in [3.63, 3.8) is 0 Å². The first-order valence-corrected chi connectivity index (χ1v) is 7.09. The van der Waals surface area contributed by atoms with Gasteiger partial charge < -0.3 is 15.3 Å². The molecule has 0 spiro atoms. The minimum absolute atomic E-state index is 0.0352. The average Bonchev–Trinajstić information content (AvgIpc) is 3.12. The number of aromatic amines is 1. The summed E-state index contributed by atoms with van der Waals surface area (Å²) < 4.78 is 0. The van der Waals surface area contributed by atoms with Gasteiger partial charge in [-0.15, -0.1) is 0 Å². The predicted octanol–water partition coefficient (Wildman–Crippen LogP) is 1.63. The average molecular weight is 354 g/mol. The molecule has 3 aromatic heterocycles. The van der Waals surface area contributed by atoms with Crippen molar-refractivity contribution in [3.8, 4) is 22.8 Å². The third-order valence-electron chi connectivity index (χ3n) is 3.41. The van der Waals surface area contributed by atoms with Crippen LogP contribution in [0.3, 0.4) is 0 Å². The number of carboxylic acids is 3. The molecule has 10 nitrogen and oxygen atoms in total. The maximum atomic E-state index is 11.4. The molecule has 0 unspecified atom stereocenters. The molecule has 3 heterocycles.